The van der Waals surface area contributed by atoms with E-state index in [1.54, 1.807) is 0 Å². The Bertz CT molecular complexity index is 368. The monoisotopic (exact) mass is 351 g/mol. The Labute approximate surface area is 143 Å². The van der Waals surface area contributed by atoms with Gasteiger partial charge in [-0.15, -0.1) is 0 Å². The van der Waals surface area contributed by atoms with Gasteiger partial charge in [0.15, 0.2) is 17.3 Å². The molecular formula is C15H24O6V. The van der Waals surface area contributed by atoms with E-state index in [4.69, 9.17) is 15.3 Å². The Morgan fingerprint density at radius 1 is 0.545 bits per heavy atom. The topological polar surface area (TPSA) is 112 Å². The van der Waals surface area contributed by atoms with Crippen molar-refractivity contribution >= 4 is 17.3 Å². The first-order valence-corrected chi connectivity index (χ1v) is 6.02. The molecule has 0 fully saturated rings. The van der Waals surface area contributed by atoms with E-state index >= 15 is 0 Å². The number of aliphatic hydroxyl groups is 3. The third kappa shape index (κ3) is 51.7. The van der Waals surface area contributed by atoms with Gasteiger partial charge in [-0.1, -0.05) is 0 Å². The summed E-state index contributed by atoms with van der Waals surface area (Å²) in [6.07, 6.45) is 3.50. The van der Waals surface area contributed by atoms with Gasteiger partial charge >= 0.3 is 0 Å². The standard InChI is InChI=1S/3C5H8O2.V/c3*1-4(6)3-5(2)7;/h3*3,6H,1-2H3;/b3*4-3-;. The van der Waals surface area contributed by atoms with Crippen molar-refractivity contribution < 1.29 is 48.3 Å². The summed E-state index contributed by atoms with van der Waals surface area (Å²) in [6, 6.07) is 0. The summed E-state index contributed by atoms with van der Waals surface area (Å²) < 4.78 is 0. The van der Waals surface area contributed by atoms with Gasteiger partial charge in [-0.05, 0) is 41.5 Å². The van der Waals surface area contributed by atoms with Crippen molar-refractivity contribution in [2.45, 2.75) is 41.5 Å². The molecule has 0 rings (SSSR count). The van der Waals surface area contributed by atoms with Crippen molar-refractivity contribution in [3.8, 4) is 0 Å². The second-order valence-corrected chi connectivity index (χ2v) is 4.19. The van der Waals surface area contributed by atoms with Gasteiger partial charge in [0.25, 0.3) is 0 Å². The molecule has 7 heteroatoms. The van der Waals surface area contributed by atoms with E-state index in [-0.39, 0.29) is 53.2 Å². The maximum atomic E-state index is 10.0. The molecule has 22 heavy (non-hydrogen) atoms. The molecule has 0 aliphatic rings. The zero-order chi connectivity index (χ0) is 17.6. The molecule has 0 atom stereocenters. The van der Waals surface area contributed by atoms with Gasteiger partial charge in [-0.25, -0.2) is 0 Å². The molecule has 0 heterocycles. The Hall–Kier alpha value is -1.79. The Kier molecular flexibility index (Phi) is 22.3. The first-order valence-electron chi connectivity index (χ1n) is 6.02. The second kappa shape index (κ2) is 17.3. The number of aliphatic hydroxyl groups excluding tert-OH is 3. The van der Waals surface area contributed by atoms with Crippen molar-refractivity contribution in [3.05, 3.63) is 35.5 Å². The smallest absolute Gasteiger partial charge is 0.155 e. The summed E-state index contributed by atoms with van der Waals surface area (Å²) in [4.78, 5) is 30.1. The number of allylic oxidation sites excluding steroid dienone is 6. The van der Waals surface area contributed by atoms with Crippen molar-refractivity contribution in [3.63, 3.8) is 0 Å². The first kappa shape index (κ1) is 28.4. The third-order valence-electron chi connectivity index (χ3n) is 1.24. The first-order chi connectivity index (χ1) is 9.38. The van der Waals surface area contributed by atoms with E-state index in [0.29, 0.717) is 0 Å². The average Bonchev–Trinajstić information content (AvgIpc) is 2.10. The number of carbonyl (C=O) groups is 3. The van der Waals surface area contributed by atoms with Gasteiger partial charge in [0.2, 0.25) is 0 Å². The van der Waals surface area contributed by atoms with Crippen LogP contribution in [0.15, 0.2) is 35.5 Å². The molecule has 0 saturated heterocycles. The number of hydrogen-bond donors (Lipinski definition) is 3. The maximum absolute atomic E-state index is 10.0. The normalized spacial score (nSPS) is 10.9. The van der Waals surface area contributed by atoms with Crippen molar-refractivity contribution in [2.24, 2.45) is 0 Å². The molecule has 0 aliphatic carbocycles. The molecular weight excluding hydrogens is 327 g/mol. The molecule has 0 amide bonds. The average molecular weight is 351 g/mol. The zero-order valence-electron chi connectivity index (χ0n) is 13.7. The summed E-state index contributed by atoms with van der Waals surface area (Å²) in [7, 11) is 0. The van der Waals surface area contributed by atoms with E-state index in [9.17, 15) is 14.4 Å². The fourth-order valence-corrected chi connectivity index (χ4v) is 0.882. The molecule has 0 saturated carbocycles. The fraction of sp³-hybridized carbons (Fsp3) is 0.400. The molecule has 3 N–H and O–H groups in total. The van der Waals surface area contributed by atoms with Crippen LogP contribution in [0, 0.1) is 0 Å². The maximum Gasteiger partial charge on any atom is 0.155 e. The van der Waals surface area contributed by atoms with Crippen LogP contribution in [0.25, 0.3) is 0 Å². The molecule has 0 unspecified atom stereocenters. The minimum absolute atomic E-state index is 0. The number of carbonyl (C=O) groups excluding carboxylic acids is 3. The number of ketones is 3. The molecule has 6 nitrogen and oxygen atoms in total. The molecule has 0 aromatic carbocycles. The predicted molar refractivity (Wildman–Crippen MR) is 81.2 cm³/mol. The number of hydrogen-bond acceptors (Lipinski definition) is 6. The van der Waals surface area contributed by atoms with Crippen LogP contribution in [-0.2, 0) is 32.9 Å². The minimum Gasteiger partial charge on any atom is -0.512 e. The molecule has 0 aromatic rings. The minimum atomic E-state index is -0.125. The largest absolute Gasteiger partial charge is 0.512 e. The molecule has 0 bridgehead atoms. The van der Waals surface area contributed by atoms with Crippen LogP contribution >= 0.6 is 0 Å². The second-order valence-electron chi connectivity index (χ2n) is 4.19. The van der Waals surface area contributed by atoms with E-state index < -0.39 is 0 Å². The van der Waals surface area contributed by atoms with Crippen molar-refractivity contribution in [2.75, 3.05) is 0 Å². The van der Waals surface area contributed by atoms with Gasteiger partial charge in [0.1, 0.15) is 0 Å². The summed E-state index contributed by atoms with van der Waals surface area (Å²) in [5.74, 6) is -0.187. The summed E-state index contributed by atoms with van der Waals surface area (Å²) in [6.45, 7) is 8.54. The van der Waals surface area contributed by atoms with Crippen molar-refractivity contribution in [1.29, 1.82) is 0 Å². The quantitative estimate of drug-likeness (QED) is 0.532. The summed E-state index contributed by atoms with van der Waals surface area (Å²) in [5, 5.41) is 25.1. The van der Waals surface area contributed by atoms with Crippen LogP contribution < -0.4 is 0 Å². The van der Waals surface area contributed by atoms with Crippen LogP contribution in [0.5, 0.6) is 0 Å². The zero-order valence-corrected chi connectivity index (χ0v) is 15.1. The van der Waals surface area contributed by atoms with Gasteiger partial charge in [0.05, 0.1) is 17.3 Å². The van der Waals surface area contributed by atoms with E-state index in [1.165, 1.54) is 59.8 Å². The van der Waals surface area contributed by atoms with E-state index in [0.717, 1.165) is 0 Å². The molecule has 0 aromatic heterocycles. The van der Waals surface area contributed by atoms with Crippen molar-refractivity contribution in [1.82, 2.24) is 0 Å². The third-order valence-corrected chi connectivity index (χ3v) is 1.24. The predicted octanol–water partition coefficient (Wildman–Crippen LogP) is 3.11. The van der Waals surface area contributed by atoms with Crippen LogP contribution in [0.1, 0.15) is 41.5 Å². The molecule has 0 aliphatic heterocycles. The van der Waals surface area contributed by atoms with Crippen LogP contribution in [0.3, 0.4) is 0 Å². The van der Waals surface area contributed by atoms with Gasteiger partial charge in [0, 0.05) is 36.8 Å². The van der Waals surface area contributed by atoms with Crippen LogP contribution in [-0.4, -0.2) is 32.7 Å². The molecule has 125 valence electrons. The summed E-state index contributed by atoms with van der Waals surface area (Å²) in [5.41, 5.74) is 0. The Morgan fingerprint density at radius 3 is 0.682 bits per heavy atom. The molecule has 1 radical (unpaired) electrons. The SMILES string of the molecule is CC(=O)/C=C(/C)O.CC(=O)/C=C(/C)O.CC(=O)/C=C(/C)O.[V]. The van der Waals surface area contributed by atoms with E-state index in [2.05, 4.69) is 0 Å². The Balaban J connectivity index is -0.000000108. The fourth-order valence-electron chi connectivity index (χ4n) is 0.882. The van der Waals surface area contributed by atoms with Gasteiger partial charge in [-0.3, -0.25) is 14.4 Å². The Morgan fingerprint density at radius 2 is 0.682 bits per heavy atom. The van der Waals surface area contributed by atoms with Gasteiger partial charge < -0.3 is 15.3 Å². The van der Waals surface area contributed by atoms with Crippen LogP contribution in [0.2, 0.25) is 0 Å². The number of rotatable bonds is 3. The molecule has 0 spiro atoms. The summed E-state index contributed by atoms with van der Waals surface area (Å²) >= 11 is 0. The van der Waals surface area contributed by atoms with Gasteiger partial charge in [-0.2, -0.15) is 0 Å². The van der Waals surface area contributed by atoms with E-state index in [1.807, 2.05) is 0 Å². The van der Waals surface area contributed by atoms with Crippen LogP contribution in [0.4, 0.5) is 0 Å².